The van der Waals surface area contributed by atoms with Gasteiger partial charge in [0.1, 0.15) is 30.5 Å². The first-order valence-electron chi connectivity index (χ1n) is 12.8. The van der Waals surface area contributed by atoms with E-state index in [2.05, 4.69) is 4.90 Å². The van der Waals surface area contributed by atoms with Crippen molar-refractivity contribution < 1.29 is 24.1 Å². The summed E-state index contributed by atoms with van der Waals surface area (Å²) in [5, 5.41) is 11.4. The van der Waals surface area contributed by atoms with E-state index in [1.807, 2.05) is 72.8 Å². The Morgan fingerprint density at radius 2 is 1.64 bits per heavy atom. The summed E-state index contributed by atoms with van der Waals surface area (Å²) in [6, 6.07) is 22.8. The van der Waals surface area contributed by atoms with Gasteiger partial charge in [-0.1, -0.05) is 36.4 Å². The molecule has 0 radical (unpaired) electrons. The predicted octanol–water partition coefficient (Wildman–Crippen LogP) is 5.20. The minimum Gasteiger partial charge on any atom is -0.486 e. The molecule has 1 N–H and O–H groups in total. The fraction of sp³-hybridized carbons (Fsp3) is 0.367. The number of carbonyl (C=O) groups excluding carboxylic acids is 1. The lowest BCUT2D eigenvalue weighted by Gasteiger charge is -2.28. The number of hydrogen-bond donors (Lipinski definition) is 1. The number of rotatable bonds is 10. The van der Waals surface area contributed by atoms with Crippen LogP contribution in [0, 0.1) is 5.92 Å². The highest BCUT2D eigenvalue weighted by molar-refractivity contribution is 5.81. The first-order chi connectivity index (χ1) is 17.6. The van der Waals surface area contributed by atoms with E-state index in [-0.39, 0.29) is 11.7 Å². The van der Waals surface area contributed by atoms with Crippen LogP contribution in [-0.4, -0.2) is 48.6 Å². The van der Waals surface area contributed by atoms with Crippen LogP contribution in [-0.2, 0) is 11.2 Å². The van der Waals surface area contributed by atoms with Gasteiger partial charge in [-0.05, 0) is 73.5 Å². The molecule has 6 heteroatoms. The molecule has 188 valence electrons. The quantitative estimate of drug-likeness (QED) is 0.424. The molecule has 0 spiro atoms. The Morgan fingerprint density at radius 1 is 0.889 bits per heavy atom. The number of carbonyl (C=O) groups is 1. The molecular formula is C30H33NO5. The summed E-state index contributed by atoms with van der Waals surface area (Å²) in [6.07, 6.45) is 2.16. The molecule has 3 aromatic carbocycles. The summed E-state index contributed by atoms with van der Waals surface area (Å²) < 4.78 is 17.3. The Hall–Kier alpha value is -3.35. The molecule has 3 aromatic rings. The molecule has 1 fully saturated rings. The van der Waals surface area contributed by atoms with E-state index >= 15 is 0 Å². The van der Waals surface area contributed by atoms with Gasteiger partial charge in [0.2, 0.25) is 0 Å². The Kier molecular flexibility index (Phi) is 7.84. The van der Waals surface area contributed by atoms with E-state index in [1.165, 1.54) is 0 Å². The van der Waals surface area contributed by atoms with Crippen LogP contribution in [0.15, 0.2) is 72.8 Å². The number of nitrogens with zero attached hydrogens (tertiary/aromatic N) is 1. The van der Waals surface area contributed by atoms with E-state index in [4.69, 9.17) is 14.2 Å². The molecule has 2 aliphatic rings. The van der Waals surface area contributed by atoms with Gasteiger partial charge in [-0.15, -0.1) is 0 Å². The van der Waals surface area contributed by atoms with Crippen LogP contribution >= 0.6 is 0 Å². The van der Waals surface area contributed by atoms with Crippen molar-refractivity contribution in [3.8, 4) is 23.0 Å². The first-order valence-corrected chi connectivity index (χ1v) is 12.8. The second-order valence-electron chi connectivity index (χ2n) is 9.60. The monoisotopic (exact) mass is 487 g/mol. The standard InChI is InChI=1S/C30H33NO5/c32-25(17-22-7-6-10-27(18-22)36-26-8-2-1-3-9-26)19-24(21-31-13-4-5-14-31)30(33)23-11-12-28-29(20-23)35-16-15-34-28/h1-3,6-12,18,20,24,30,33H,4-5,13-17,19,21H2/t24-,30-/m1/s1. The second kappa shape index (κ2) is 11.6. The molecule has 0 unspecified atom stereocenters. The van der Waals surface area contributed by atoms with Crippen molar-refractivity contribution in [1.82, 2.24) is 4.90 Å². The Balaban J connectivity index is 1.27. The van der Waals surface area contributed by atoms with Gasteiger partial charge in [0.05, 0.1) is 6.10 Å². The zero-order valence-corrected chi connectivity index (χ0v) is 20.5. The number of aliphatic hydroxyl groups is 1. The molecule has 0 bridgehead atoms. The van der Waals surface area contributed by atoms with Gasteiger partial charge < -0.3 is 24.2 Å². The maximum absolute atomic E-state index is 13.2. The molecule has 36 heavy (non-hydrogen) atoms. The summed E-state index contributed by atoms with van der Waals surface area (Å²) >= 11 is 0. The lowest BCUT2D eigenvalue weighted by molar-refractivity contribution is -0.120. The number of para-hydroxylation sites is 1. The van der Waals surface area contributed by atoms with Gasteiger partial charge in [-0.2, -0.15) is 0 Å². The highest BCUT2D eigenvalue weighted by Gasteiger charge is 2.28. The molecule has 2 heterocycles. The van der Waals surface area contributed by atoms with Gasteiger partial charge in [0.15, 0.2) is 11.5 Å². The van der Waals surface area contributed by atoms with Gasteiger partial charge in [-0.25, -0.2) is 0 Å². The van der Waals surface area contributed by atoms with E-state index in [0.29, 0.717) is 49.8 Å². The Bertz CT molecular complexity index is 1160. The fourth-order valence-corrected chi connectivity index (χ4v) is 5.02. The topological polar surface area (TPSA) is 68.2 Å². The van der Waals surface area contributed by atoms with Gasteiger partial charge in [0.25, 0.3) is 0 Å². The van der Waals surface area contributed by atoms with E-state index < -0.39 is 6.10 Å². The fourth-order valence-electron chi connectivity index (χ4n) is 5.02. The largest absolute Gasteiger partial charge is 0.486 e. The van der Waals surface area contributed by atoms with E-state index in [0.717, 1.165) is 42.8 Å². The third-order valence-corrected chi connectivity index (χ3v) is 6.81. The zero-order chi connectivity index (χ0) is 24.7. The number of ketones is 1. The summed E-state index contributed by atoms with van der Waals surface area (Å²) in [4.78, 5) is 15.6. The summed E-state index contributed by atoms with van der Waals surface area (Å²) in [5.41, 5.74) is 1.66. The van der Waals surface area contributed by atoms with E-state index in [9.17, 15) is 9.90 Å². The number of hydrogen-bond acceptors (Lipinski definition) is 6. The molecule has 0 aromatic heterocycles. The average Bonchev–Trinajstić information content (AvgIpc) is 3.41. The van der Waals surface area contributed by atoms with Crippen molar-refractivity contribution in [2.45, 2.75) is 31.8 Å². The van der Waals surface area contributed by atoms with Crippen LogP contribution in [0.4, 0.5) is 0 Å². The van der Waals surface area contributed by atoms with E-state index in [1.54, 1.807) is 0 Å². The van der Waals surface area contributed by atoms with Crippen LogP contribution in [0.1, 0.15) is 36.5 Å². The summed E-state index contributed by atoms with van der Waals surface area (Å²) in [7, 11) is 0. The maximum Gasteiger partial charge on any atom is 0.161 e. The van der Waals surface area contributed by atoms with Gasteiger partial charge >= 0.3 is 0 Å². The number of fused-ring (bicyclic) bond motifs is 1. The third kappa shape index (κ3) is 6.25. The lowest BCUT2D eigenvalue weighted by Crippen LogP contribution is -2.32. The van der Waals surface area contributed by atoms with Crippen molar-refractivity contribution >= 4 is 5.78 Å². The number of likely N-dealkylation sites (tertiary alicyclic amines) is 1. The number of ether oxygens (including phenoxy) is 3. The SMILES string of the molecule is O=C(Cc1cccc(Oc2ccccc2)c1)C[C@H](CN1CCCC1)[C@H](O)c1ccc2c(c1)OCCO2. The van der Waals surface area contributed by atoms with Crippen LogP contribution in [0.5, 0.6) is 23.0 Å². The molecule has 0 aliphatic carbocycles. The molecule has 2 aliphatic heterocycles. The van der Waals surface area contributed by atoms with Crippen molar-refractivity contribution in [1.29, 1.82) is 0 Å². The predicted molar refractivity (Wildman–Crippen MR) is 138 cm³/mol. The molecule has 1 saturated heterocycles. The van der Waals surface area contributed by atoms with Crippen LogP contribution < -0.4 is 14.2 Å². The van der Waals surface area contributed by atoms with Crippen molar-refractivity contribution in [2.24, 2.45) is 5.92 Å². The minimum atomic E-state index is -0.766. The number of benzene rings is 3. The molecular weight excluding hydrogens is 454 g/mol. The maximum atomic E-state index is 13.2. The molecule has 0 saturated carbocycles. The van der Waals surface area contributed by atoms with Crippen LogP contribution in [0.3, 0.4) is 0 Å². The van der Waals surface area contributed by atoms with Crippen LogP contribution in [0.25, 0.3) is 0 Å². The van der Waals surface area contributed by atoms with Crippen LogP contribution in [0.2, 0.25) is 0 Å². The zero-order valence-electron chi connectivity index (χ0n) is 20.5. The third-order valence-electron chi connectivity index (χ3n) is 6.81. The average molecular weight is 488 g/mol. The smallest absolute Gasteiger partial charge is 0.161 e. The highest BCUT2D eigenvalue weighted by Crippen LogP contribution is 2.36. The summed E-state index contributed by atoms with van der Waals surface area (Å²) in [6.45, 7) is 3.74. The first kappa shape index (κ1) is 24.3. The molecule has 2 atom stereocenters. The summed E-state index contributed by atoms with van der Waals surface area (Å²) in [5.74, 6) is 2.71. The van der Waals surface area contributed by atoms with Gasteiger partial charge in [-0.3, -0.25) is 4.79 Å². The Morgan fingerprint density at radius 3 is 2.44 bits per heavy atom. The van der Waals surface area contributed by atoms with Crippen molar-refractivity contribution in [2.75, 3.05) is 32.8 Å². The van der Waals surface area contributed by atoms with Gasteiger partial charge in [0, 0.05) is 25.3 Å². The highest BCUT2D eigenvalue weighted by atomic mass is 16.6. The molecule has 6 nitrogen and oxygen atoms in total. The van der Waals surface area contributed by atoms with Crippen molar-refractivity contribution in [3.63, 3.8) is 0 Å². The molecule has 0 amide bonds. The minimum absolute atomic E-state index is 0.104. The lowest BCUT2D eigenvalue weighted by atomic mass is 9.89. The van der Waals surface area contributed by atoms with Crippen molar-refractivity contribution in [3.05, 3.63) is 83.9 Å². The molecule has 5 rings (SSSR count). The second-order valence-corrected chi connectivity index (χ2v) is 9.60. The Labute approximate surface area is 212 Å². The normalized spacial score (nSPS) is 16.9. The number of Topliss-reactive ketones (excluding diaryl/α,β-unsaturated/α-hetero) is 1. The number of aliphatic hydroxyl groups excluding tert-OH is 1.